The molecule has 0 atom stereocenters. The summed E-state index contributed by atoms with van der Waals surface area (Å²) in [5.41, 5.74) is 11.8. The number of rotatable bonds is 6. The third kappa shape index (κ3) is 4.41. The first-order valence-electron chi connectivity index (χ1n) is 11.2. The summed E-state index contributed by atoms with van der Waals surface area (Å²) in [6.45, 7) is 5.32. The topological polar surface area (TPSA) is 154 Å². The molecule has 0 aliphatic carbocycles. The molecule has 5 aromatic rings. The van der Waals surface area contributed by atoms with Gasteiger partial charge in [0.05, 0.1) is 11.1 Å². The van der Waals surface area contributed by atoms with Gasteiger partial charge in [0.25, 0.3) is 17.8 Å². The number of carbonyl (C=O) groups excluding carboxylic acids is 2. The standard InChI is InChI=1S/C26H22N8O3/c1-14(2)24(35)31-18-10-8-16(9-11-18)21-19(20-22(27)28-12-29-23(20)34(21)3)15-4-6-17(7-5-15)25(36)32-26-30-13-37-33-26/h4-13H,1H2,2-3H3,(H,31,35)(H2,27,28,29)(H,32,33,36). The first-order chi connectivity index (χ1) is 17.8. The molecule has 3 aromatic heterocycles. The number of nitrogen functional groups attached to an aromatic ring is 1. The minimum absolute atomic E-state index is 0.0817. The highest BCUT2D eigenvalue weighted by atomic mass is 16.5. The molecular formula is C26H22N8O3. The van der Waals surface area contributed by atoms with Crippen molar-refractivity contribution >= 4 is 40.3 Å². The van der Waals surface area contributed by atoms with Gasteiger partial charge in [0.15, 0.2) is 0 Å². The zero-order valence-electron chi connectivity index (χ0n) is 20.0. The molecule has 4 N–H and O–H groups in total. The molecule has 0 unspecified atom stereocenters. The van der Waals surface area contributed by atoms with Crippen molar-refractivity contribution in [3.05, 3.63) is 79.0 Å². The van der Waals surface area contributed by atoms with Crippen LogP contribution in [0.5, 0.6) is 0 Å². The monoisotopic (exact) mass is 494 g/mol. The van der Waals surface area contributed by atoms with E-state index in [0.29, 0.717) is 33.7 Å². The number of aromatic nitrogens is 5. The van der Waals surface area contributed by atoms with Crippen molar-refractivity contribution in [2.24, 2.45) is 7.05 Å². The van der Waals surface area contributed by atoms with Crippen molar-refractivity contribution in [3.63, 3.8) is 0 Å². The zero-order chi connectivity index (χ0) is 26.1. The number of anilines is 3. The molecule has 2 amide bonds. The number of fused-ring (bicyclic) bond motifs is 1. The van der Waals surface area contributed by atoms with Gasteiger partial charge >= 0.3 is 0 Å². The summed E-state index contributed by atoms with van der Waals surface area (Å²) in [5, 5.41) is 9.67. The van der Waals surface area contributed by atoms with E-state index >= 15 is 0 Å². The lowest BCUT2D eigenvalue weighted by Gasteiger charge is -2.11. The van der Waals surface area contributed by atoms with Gasteiger partial charge in [-0.15, -0.1) is 0 Å². The van der Waals surface area contributed by atoms with Gasteiger partial charge in [-0.3, -0.25) is 14.9 Å². The van der Waals surface area contributed by atoms with Crippen molar-refractivity contribution in [2.45, 2.75) is 6.92 Å². The van der Waals surface area contributed by atoms with Crippen LogP contribution in [-0.2, 0) is 11.8 Å². The average molecular weight is 495 g/mol. The van der Waals surface area contributed by atoms with Crippen molar-refractivity contribution in [3.8, 4) is 22.4 Å². The fourth-order valence-corrected chi connectivity index (χ4v) is 4.03. The predicted molar refractivity (Wildman–Crippen MR) is 139 cm³/mol. The van der Waals surface area contributed by atoms with Crippen LogP contribution in [0.25, 0.3) is 33.4 Å². The summed E-state index contributed by atoms with van der Waals surface area (Å²) in [6.07, 6.45) is 2.56. The molecule has 11 heteroatoms. The number of carbonyl (C=O) groups is 2. The Labute approximate surface area is 211 Å². The van der Waals surface area contributed by atoms with E-state index in [0.717, 1.165) is 28.8 Å². The number of nitrogens with one attached hydrogen (secondary N) is 2. The molecule has 0 saturated heterocycles. The van der Waals surface area contributed by atoms with E-state index in [1.807, 2.05) is 48.0 Å². The Morgan fingerprint density at radius 3 is 2.32 bits per heavy atom. The van der Waals surface area contributed by atoms with Crippen LogP contribution in [0.1, 0.15) is 17.3 Å². The minimum Gasteiger partial charge on any atom is -0.383 e. The van der Waals surface area contributed by atoms with Crippen molar-refractivity contribution < 1.29 is 14.1 Å². The maximum atomic E-state index is 12.6. The van der Waals surface area contributed by atoms with Gasteiger partial charge in [0.2, 0.25) is 6.39 Å². The lowest BCUT2D eigenvalue weighted by Crippen LogP contribution is -2.12. The molecular weight excluding hydrogens is 472 g/mol. The fraction of sp³-hybridized carbons (Fsp3) is 0.0769. The van der Waals surface area contributed by atoms with Crippen LogP contribution in [0.4, 0.5) is 17.5 Å². The van der Waals surface area contributed by atoms with Gasteiger partial charge in [-0.2, -0.15) is 4.98 Å². The summed E-state index contributed by atoms with van der Waals surface area (Å²) in [5.74, 6) is -0.199. The van der Waals surface area contributed by atoms with E-state index in [-0.39, 0.29) is 17.8 Å². The quantitative estimate of drug-likeness (QED) is 0.299. The molecule has 0 aliphatic heterocycles. The third-order valence-corrected chi connectivity index (χ3v) is 5.82. The lowest BCUT2D eigenvalue weighted by molar-refractivity contribution is -0.112. The number of benzene rings is 2. The Bertz CT molecular complexity index is 1640. The van der Waals surface area contributed by atoms with Crippen LogP contribution in [0.15, 0.2) is 77.9 Å². The maximum Gasteiger partial charge on any atom is 0.270 e. The summed E-state index contributed by atoms with van der Waals surface area (Å²) in [4.78, 5) is 37.0. The predicted octanol–water partition coefficient (Wildman–Crippen LogP) is 4.03. The summed E-state index contributed by atoms with van der Waals surface area (Å²) < 4.78 is 6.59. The molecule has 11 nitrogen and oxygen atoms in total. The van der Waals surface area contributed by atoms with Crippen molar-refractivity contribution in [2.75, 3.05) is 16.4 Å². The molecule has 37 heavy (non-hydrogen) atoms. The van der Waals surface area contributed by atoms with Crippen molar-refractivity contribution in [1.82, 2.24) is 24.7 Å². The molecule has 0 saturated carbocycles. The maximum absolute atomic E-state index is 12.6. The average Bonchev–Trinajstić information content (AvgIpc) is 3.51. The summed E-state index contributed by atoms with van der Waals surface area (Å²) >= 11 is 0. The van der Waals surface area contributed by atoms with E-state index in [1.54, 1.807) is 19.1 Å². The van der Waals surface area contributed by atoms with E-state index in [4.69, 9.17) is 5.73 Å². The van der Waals surface area contributed by atoms with E-state index in [1.165, 1.54) is 6.33 Å². The normalized spacial score (nSPS) is 10.9. The van der Waals surface area contributed by atoms with E-state index in [2.05, 4.69) is 41.8 Å². The van der Waals surface area contributed by atoms with Crippen LogP contribution in [0.3, 0.4) is 0 Å². The molecule has 5 rings (SSSR count). The van der Waals surface area contributed by atoms with Crippen LogP contribution in [0.2, 0.25) is 0 Å². The Kier molecular flexibility index (Phi) is 5.94. The number of aryl methyl sites for hydroxylation is 1. The molecule has 0 bridgehead atoms. The first kappa shape index (κ1) is 23.4. The Morgan fingerprint density at radius 2 is 1.68 bits per heavy atom. The summed E-state index contributed by atoms with van der Waals surface area (Å²) in [7, 11) is 1.90. The van der Waals surface area contributed by atoms with Crippen LogP contribution in [0, 0.1) is 0 Å². The van der Waals surface area contributed by atoms with Gasteiger partial charge in [0.1, 0.15) is 17.8 Å². The lowest BCUT2D eigenvalue weighted by atomic mass is 9.97. The molecule has 0 radical (unpaired) electrons. The van der Waals surface area contributed by atoms with Gasteiger partial charge in [-0.1, -0.05) is 30.8 Å². The van der Waals surface area contributed by atoms with E-state index in [9.17, 15) is 9.59 Å². The Balaban J connectivity index is 1.57. The zero-order valence-corrected chi connectivity index (χ0v) is 20.0. The van der Waals surface area contributed by atoms with Gasteiger partial charge in [-0.05, 0) is 47.5 Å². The van der Waals surface area contributed by atoms with Crippen LogP contribution in [-0.4, -0.2) is 36.5 Å². The van der Waals surface area contributed by atoms with Gasteiger partial charge in [0, 0.05) is 29.4 Å². The molecule has 0 spiro atoms. The number of hydrogen-bond acceptors (Lipinski definition) is 8. The van der Waals surface area contributed by atoms with Crippen molar-refractivity contribution in [1.29, 1.82) is 0 Å². The van der Waals surface area contributed by atoms with Gasteiger partial charge in [-0.25, -0.2) is 9.97 Å². The second-order valence-electron chi connectivity index (χ2n) is 8.34. The first-order valence-corrected chi connectivity index (χ1v) is 11.2. The molecule has 0 fully saturated rings. The van der Waals surface area contributed by atoms with Crippen LogP contribution >= 0.6 is 0 Å². The molecule has 2 aromatic carbocycles. The highest BCUT2D eigenvalue weighted by Crippen LogP contribution is 2.41. The smallest absolute Gasteiger partial charge is 0.270 e. The number of nitrogens with two attached hydrogens (primary N) is 1. The second-order valence-corrected chi connectivity index (χ2v) is 8.34. The fourth-order valence-electron chi connectivity index (χ4n) is 4.03. The Morgan fingerprint density at radius 1 is 0.973 bits per heavy atom. The minimum atomic E-state index is -0.374. The number of nitrogens with zero attached hydrogens (tertiary/aromatic N) is 5. The molecule has 3 heterocycles. The summed E-state index contributed by atoms with van der Waals surface area (Å²) in [6, 6.07) is 14.5. The third-order valence-electron chi connectivity index (χ3n) is 5.82. The Hall–Kier alpha value is -5.32. The van der Waals surface area contributed by atoms with Crippen LogP contribution < -0.4 is 16.4 Å². The highest BCUT2D eigenvalue weighted by Gasteiger charge is 2.22. The second kappa shape index (κ2) is 9.38. The highest BCUT2D eigenvalue weighted by molar-refractivity contribution is 6.09. The number of hydrogen-bond donors (Lipinski definition) is 3. The molecule has 0 aliphatic rings. The van der Waals surface area contributed by atoms with Gasteiger partial charge < -0.3 is 20.1 Å². The molecule has 184 valence electrons. The number of amides is 2. The van der Waals surface area contributed by atoms with E-state index < -0.39 is 0 Å². The SMILES string of the molecule is C=C(C)C(=O)Nc1ccc(-c2c(-c3ccc(C(=O)Nc4ncon4)cc3)c3c(N)ncnc3n2C)cc1. The largest absolute Gasteiger partial charge is 0.383 e.